The zero-order chi connectivity index (χ0) is 26.1. The van der Waals surface area contributed by atoms with Gasteiger partial charge in [-0.25, -0.2) is 4.79 Å². The standard InChI is InChI=1S/C27H36N4O5/c1-27(2,3)36-26(34)29-16-15-28-24(32)19-8-7-17-31(18-19)25(33)22-9-5-6-10-23(22)30-20-11-13-21(35-4)14-12-20/h5-6,9-14,19,30H,7-8,15-18H2,1-4H3,(H,28,32)(H,29,34). The molecule has 1 atom stereocenters. The van der Waals surface area contributed by atoms with Gasteiger partial charge >= 0.3 is 6.09 Å². The molecule has 1 saturated heterocycles. The second-order valence-corrected chi connectivity index (χ2v) is 9.71. The van der Waals surface area contributed by atoms with Gasteiger partial charge in [0.15, 0.2) is 0 Å². The van der Waals surface area contributed by atoms with Gasteiger partial charge in [-0.2, -0.15) is 0 Å². The summed E-state index contributed by atoms with van der Waals surface area (Å²) in [7, 11) is 1.61. The minimum absolute atomic E-state index is 0.115. The van der Waals surface area contributed by atoms with Crippen molar-refractivity contribution in [1.82, 2.24) is 15.5 Å². The van der Waals surface area contributed by atoms with Crippen LogP contribution in [0.1, 0.15) is 44.0 Å². The lowest BCUT2D eigenvalue weighted by Gasteiger charge is -2.32. The van der Waals surface area contributed by atoms with Crippen molar-refractivity contribution >= 4 is 29.3 Å². The molecule has 0 saturated carbocycles. The zero-order valence-electron chi connectivity index (χ0n) is 21.4. The summed E-state index contributed by atoms with van der Waals surface area (Å²) in [5.74, 6) is 0.216. The van der Waals surface area contributed by atoms with Crippen LogP contribution in [0.5, 0.6) is 5.75 Å². The summed E-state index contributed by atoms with van der Waals surface area (Å²) in [6.07, 6.45) is 0.933. The van der Waals surface area contributed by atoms with E-state index in [0.717, 1.165) is 17.9 Å². The average molecular weight is 497 g/mol. The van der Waals surface area contributed by atoms with Crippen LogP contribution in [0.15, 0.2) is 48.5 Å². The predicted molar refractivity (Wildman–Crippen MR) is 139 cm³/mol. The van der Waals surface area contributed by atoms with Gasteiger partial charge in [-0.05, 0) is 70.0 Å². The maximum Gasteiger partial charge on any atom is 0.407 e. The van der Waals surface area contributed by atoms with Crippen molar-refractivity contribution in [3.05, 3.63) is 54.1 Å². The molecule has 0 spiro atoms. The van der Waals surface area contributed by atoms with Crippen LogP contribution in [-0.4, -0.2) is 61.7 Å². The highest BCUT2D eigenvalue weighted by Crippen LogP contribution is 2.26. The summed E-state index contributed by atoms with van der Waals surface area (Å²) in [4.78, 5) is 39.6. The number of likely N-dealkylation sites (tertiary alicyclic amines) is 1. The number of carbonyl (C=O) groups excluding carboxylic acids is 3. The third kappa shape index (κ3) is 7.90. The lowest BCUT2D eigenvalue weighted by Crippen LogP contribution is -2.46. The van der Waals surface area contributed by atoms with Crippen LogP contribution in [0.2, 0.25) is 0 Å². The molecule has 3 N–H and O–H groups in total. The number of alkyl carbamates (subject to hydrolysis) is 1. The van der Waals surface area contributed by atoms with Crippen LogP contribution in [0, 0.1) is 5.92 Å². The first-order chi connectivity index (χ1) is 17.2. The number of hydrogen-bond donors (Lipinski definition) is 3. The molecule has 1 fully saturated rings. The molecule has 2 aromatic carbocycles. The van der Waals surface area contributed by atoms with Gasteiger partial charge in [-0.3, -0.25) is 9.59 Å². The minimum Gasteiger partial charge on any atom is -0.497 e. The lowest BCUT2D eigenvalue weighted by atomic mass is 9.96. The van der Waals surface area contributed by atoms with Crippen molar-refractivity contribution < 1.29 is 23.9 Å². The van der Waals surface area contributed by atoms with E-state index in [9.17, 15) is 14.4 Å². The minimum atomic E-state index is -0.575. The van der Waals surface area contributed by atoms with Crippen LogP contribution >= 0.6 is 0 Å². The normalized spacial score (nSPS) is 15.6. The molecule has 9 nitrogen and oxygen atoms in total. The fourth-order valence-electron chi connectivity index (χ4n) is 3.96. The van der Waals surface area contributed by atoms with Crippen LogP contribution in [-0.2, 0) is 9.53 Å². The average Bonchev–Trinajstić information content (AvgIpc) is 2.86. The summed E-state index contributed by atoms with van der Waals surface area (Å²) in [6, 6.07) is 14.8. The molecule has 0 aliphatic carbocycles. The van der Waals surface area contributed by atoms with Gasteiger partial charge < -0.3 is 30.3 Å². The fourth-order valence-corrected chi connectivity index (χ4v) is 3.96. The Morgan fingerprint density at radius 1 is 1.00 bits per heavy atom. The first-order valence-corrected chi connectivity index (χ1v) is 12.2. The molecule has 0 radical (unpaired) electrons. The molecule has 1 aliphatic rings. The van der Waals surface area contributed by atoms with Gasteiger partial charge in [0.25, 0.3) is 5.91 Å². The van der Waals surface area contributed by atoms with E-state index in [4.69, 9.17) is 9.47 Å². The number of para-hydroxylation sites is 1. The van der Waals surface area contributed by atoms with E-state index in [2.05, 4.69) is 16.0 Å². The van der Waals surface area contributed by atoms with Crippen molar-refractivity contribution in [2.75, 3.05) is 38.6 Å². The van der Waals surface area contributed by atoms with Crippen LogP contribution in [0.4, 0.5) is 16.2 Å². The molecule has 3 rings (SSSR count). The SMILES string of the molecule is COc1ccc(Nc2ccccc2C(=O)N2CCCC(C(=O)NCCNC(=O)OC(C)(C)C)C2)cc1. The number of nitrogens with zero attached hydrogens (tertiary/aromatic N) is 1. The number of amides is 3. The van der Waals surface area contributed by atoms with E-state index in [1.807, 2.05) is 42.5 Å². The summed E-state index contributed by atoms with van der Waals surface area (Å²) in [5, 5.41) is 8.79. The topological polar surface area (TPSA) is 109 Å². The van der Waals surface area contributed by atoms with Crippen molar-refractivity contribution in [2.45, 2.75) is 39.2 Å². The Morgan fingerprint density at radius 3 is 2.39 bits per heavy atom. The number of ether oxygens (including phenoxy) is 2. The van der Waals surface area contributed by atoms with Crippen LogP contribution in [0.25, 0.3) is 0 Å². The number of nitrogens with one attached hydrogen (secondary N) is 3. The Morgan fingerprint density at radius 2 is 1.69 bits per heavy atom. The molecule has 2 aromatic rings. The Bertz CT molecular complexity index is 1050. The van der Waals surface area contributed by atoms with Crippen molar-refractivity contribution in [1.29, 1.82) is 0 Å². The predicted octanol–water partition coefficient (Wildman–Crippen LogP) is 3.93. The number of hydrogen-bond acceptors (Lipinski definition) is 6. The van der Waals surface area contributed by atoms with Crippen molar-refractivity contribution in [3.8, 4) is 5.75 Å². The van der Waals surface area contributed by atoms with Gasteiger partial charge in [0, 0.05) is 31.9 Å². The summed E-state index contributed by atoms with van der Waals surface area (Å²) >= 11 is 0. The number of anilines is 2. The molecule has 3 amide bonds. The van der Waals surface area contributed by atoms with Crippen molar-refractivity contribution in [3.63, 3.8) is 0 Å². The molecule has 1 unspecified atom stereocenters. The van der Waals surface area contributed by atoms with Gasteiger partial charge in [-0.1, -0.05) is 12.1 Å². The molecular weight excluding hydrogens is 460 g/mol. The fraction of sp³-hybridized carbons (Fsp3) is 0.444. The summed E-state index contributed by atoms with van der Waals surface area (Å²) < 4.78 is 10.4. The maximum absolute atomic E-state index is 13.4. The molecule has 0 bridgehead atoms. The third-order valence-electron chi connectivity index (χ3n) is 5.70. The second-order valence-electron chi connectivity index (χ2n) is 9.71. The Hall–Kier alpha value is -3.75. The highest BCUT2D eigenvalue weighted by atomic mass is 16.6. The highest BCUT2D eigenvalue weighted by Gasteiger charge is 2.29. The molecular formula is C27H36N4O5. The lowest BCUT2D eigenvalue weighted by molar-refractivity contribution is -0.126. The smallest absolute Gasteiger partial charge is 0.407 e. The van der Waals surface area contributed by atoms with Gasteiger partial charge in [0.1, 0.15) is 11.4 Å². The van der Waals surface area contributed by atoms with E-state index in [1.165, 1.54) is 0 Å². The highest BCUT2D eigenvalue weighted by molar-refractivity contribution is 6.00. The van der Waals surface area contributed by atoms with E-state index < -0.39 is 11.7 Å². The van der Waals surface area contributed by atoms with E-state index in [0.29, 0.717) is 30.8 Å². The Kier molecular flexibility index (Phi) is 9.16. The number of piperidine rings is 1. The monoisotopic (exact) mass is 496 g/mol. The first kappa shape index (κ1) is 26.8. The molecule has 1 aliphatic heterocycles. The first-order valence-electron chi connectivity index (χ1n) is 12.2. The summed E-state index contributed by atoms with van der Waals surface area (Å²) in [5.41, 5.74) is 1.52. The van der Waals surface area contributed by atoms with Gasteiger partial charge in [0.2, 0.25) is 5.91 Å². The van der Waals surface area contributed by atoms with E-state index in [-0.39, 0.29) is 30.8 Å². The quantitative estimate of drug-likeness (QED) is 0.478. The Labute approximate surface area is 212 Å². The number of carbonyl (C=O) groups is 3. The van der Waals surface area contributed by atoms with Crippen LogP contribution in [0.3, 0.4) is 0 Å². The number of rotatable bonds is 8. The van der Waals surface area contributed by atoms with Gasteiger partial charge in [0.05, 0.1) is 24.3 Å². The molecule has 194 valence electrons. The van der Waals surface area contributed by atoms with Crippen LogP contribution < -0.4 is 20.7 Å². The zero-order valence-corrected chi connectivity index (χ0v) is 21.4. The maximum atomic E-state index is 13.4. The molecule has 0 aromatic heterocycles. The molecule has 36 heavy (non-hydrogen) atoms. The third-order valence-corrected chi connectivity index (χ3v) is 5.70. The Balaban J connectivity index is 1.55. The molecule has 1 heterocycles. The van der Waals surface area contributed by atoms with E-state index in [1.54, 1.807) is 38.8 Å². The number of methoxy groups -OCH3 is 1. The van der Waals surface area contributed by atoms with Gasteiger partial charge in [-0.15, -0.1) is 0 Å². The second kappa shape index (κ2) is 12.3. The number of benzene rings is 2. The summed E-state index contributed by atoms with van der Waals surface area (Å²) in [6.45, 7) is 6.87. The largest absolute Gasteiger partial charge is 0.497 e. The van der Waals surface area contributed by atoms with E-state index >= 15 is 0 Å². The van der Waals surface area contributed by atoms with Crippen molar-refractivity contribution in [2.24, 2.45) is 5.92 Å². The molecule has 9 heteroatoms.